The molecule has 0 saturated carbocycles. The van der Waals surface area contributed by atoms with Crippen molar-refractivity contribution in [1.82, 2.24) is 0 Å². The molecule has 0 nitrogen and oxygen atoms in total. The van der Waals surface area contributed by atoms with Crippen LogP contribution in [0, 0.1) is 6.08 Å². The van der Waals surface area contributed by atoms with Gasteiger partial charge >= 0.3 is 0 Å². The average molecular weight is 187 g/mol. The topological polar surface area (TPSA) is 0 Å². The van der Waals surface area contributed by atoms with Gasteiger partial charge in [0.25, 0.3) is 0 Å². The second-order valence-electron chi connectivity index (χ2n) is 3.46. The normalized spacial score (nSPS) is 19.4. The SMILES string of the molecule is [C]1=CCCCC=CCCC=CCC=C1. The highest BCUT2D eigenvalue weighted by molar-refractivity contribution is 5.00. The summed E-state index contributed by atoms with van der Waals surface area (Å²) in [4.78, 5) is 0. The summed E-state index contributed by atoms with van der Waals surface area (Å²) < 4.78 is 0. The molecule has 1 radical (unpaired) electrons. The van der Waals surface area contributed by atoms with Crippen molar-refractivity contribution in [2.24, 2.45) is 0 Å². The Morgan fingerprint density at radius 3 is 2.43 bits per heavy atom. The van der Waals surface area contributed by atoms with Gasteiger partial charge in [0.1, 0.15) is 0 Å². The Balaban J connectivity index is 2.34. The number of allylic oxidation sites excluding steroid dienone is 8. The third-order valence-corrected chi connectivity index (χ3v) is 2.16. The lowest BCUT2D eigenvalue weighted by Crippen LogP contribution is -1.71. The van der Waals surface area contributed by atoms with Gasteiger partial charge in [-0.3, -0.25) is 0 Å². The summed E-state index contributed by atoms with van der Waals surface area (Å²) in [6, 6.07) is 0. The van der Waals surface area contributed by atoms with E-state index in [1.165, 1.54) is 25.7 Å². The van der Waals surface area contributed by atoms with Crippen molar-refractivity contribution in [3.05, 3.63) is 48.6 Å². The predicted octanol–water partition coefficient (Wildman–Crippen LogP) is 4.37. The molecular formula is C14H19. The maximum atomic E-state index is 3.18. The van der Waals surface area contributed by atoms with Gasteiger partial charge in [0.15, 0.2) is 0 Å². The Morgan fingerprint density at radius 2 is 1.50 bits per heavy atom. The first-order valence-corrected chi connectivity index (χ1v) is 5.53. The Kier molecular flexibility index (Phi) is 6.74. The van der Waals surface area contributed by atoms with Crippen LogP contribution in [0.1, 0.15) is 38.5 Å². The van der Waals surface area contributed by atoms with Crippen molar-refractivity contribution in [3.8, 4) is 0 Å². The number of rotatable bonds is 0. The zero-order chi connectivity index (χ0) is 9.90. The van der Waals surface area contributed by atoms with E-state index in [9.17, 15) is 0 Å². The van der Waals surface area contributed by atoms with E-state index in [0.717, 1.165) is 12.8 Å². The minimum atomic E-state index is 1.03. The quantitative estimate of drug-likeness (QED) is 0.494. The van der Waals surface area contributed by atoms with Gasteiger partial charge in [-0.15, -0.1) is 0 Å². The molecule has 1 aliphatic rings. The largest absolute Gasteiger partial charge is 0.0885 e. The van der Waals surface area contributed by atoms with Crippen LogP contribution >= 0.6 is 0 Å². The Bertz CT molecular complexity index is 228. The lowest BCUT2D eigenvalue weighted by atomic mass is 10.2. The molecule has 75 valence electrons. The zero-order valence-corrected chi connectivity index (χ0v) is 8.78. The molecule has 0 saturated heterocycles. The second-order valence-corrected chi connectivity index (χ2v) is 3.46. The smallest absolute Gasteiger partial charge is 0.0166 e. The first-order valence-electron chi connectivity index (χ1n) is 5.53. The maximum absolute atomic E-state index is 3.18. The Hall–Kier alpha value is -1.04. The lowest BCUT2D eigenvalue weighted by molar-refractivity contribution is 0.861. The standard InChI is InChI=1S/C14H19/c1-2-4-6-8-10-12-14-13-11-9-7-5-3-1/h1-2,5,7-8,10-11H,3-4,6,12-14H2. The number of hydrogen-bond acceptors (Lipinski definition) is 0. The van der Waals surface area contributed by atoms with Gasteiger partial charge in [0.05, 0.1) is 0 Å². The highest BCUT2D eigenvalue weighted by Crippen LogP contribution is 2.01. The van der Waals surface area contributed by atoms with Crippen molar-refractivity contribution >= 4 is 0 Å². The zero-order valence-electron chi connectivity index (χ0n) is 8.78. The molecule has 0 heteroatoms. The fourth-order valence-corrected chi connectivity index (χ4v) is 1.35. The van der Waals surface area contributed by atoms with Gasteiger partial charge in [-0.05, 0) is 44.6 Å². The van der Waals surface area contributed by atoms with E-state index >= 15 is 0 Å². The van der Waals surface area contributed by atoms with Crippen LogP contribution in [-0.4, -0.2) is 0 Å². The van der Waals surface area contributed by atoms with Crippen LogP contribution in [0.5, 0.6) is 0 Å². The summed E-state index contributed by atoms with van der Waals surface area (Å²) in [5.74, 6) is 0. The van der Waals surface area contributed by atoms with E-state index in [-0.39, 0.29) is 0 Å². The summed E-state index contributed by atoms with van der Waals surface area (Å²) in [6.07, 6.45) is 25.5. The number of hydrogen-bond donors (Lipinski definition) is 0. The van der Waals surface area contributed by atoms with Gasteiger partial charge in [-0.1, -0.05) is 42.5 Å². The summed E-state index contributed by atoms with van der Waals surface area (Å²) in [5, 5.41) is 0. The molecule has 0 fully saturated rings. The van der Waals surface area contributed by atoms with Gasteiger partial charge in [-0.2, -0.15) is 0 Å². The van der Waals surface area contributed by atoms with Crippen LogP contribution in [0.4, 0.5) is 0 Å². The van der Waals surface area contributed by atoms with E-state index in [0.29, 0.717) is 0 Å². The van der Waals surface area contributed by atoms with E-state index in [2.05, 4.69) is 42.5 Å². The molecule has 0 aliphatic heterocycles. The lowest BCUT2D eigenvalue weighted by Gasteiger charge is -1.91. The third kappa shape index (κ3) is 6.47. The van der Waals surface area contributed by atoms with Gasteiger partial charge < -0.3 is 0 Å². The second kappa shape index (κ2) is 8.55. The highest BCUT2D eigenvalue weighted by atomic mass is 13.9. The Morgan fingerprint density at radius 1 is 0.714 bits per heavy atom. The summed E-state index contributed by atoms with van der Waals surface area (Å²) in [7, 11) is 0. The monoisotopic (exact) mass is 187 g/mol. The van der Waals surface area contributed by atoms with Crippen molar-refractivity contribution < 1.29 is 0 Å². The molecular weight excluding hydrogens is 168 g/mol. The van der Waals surface area contributed by atoms with Crippen molar-refractivity contribution in [1.29, 1.82) is 0 Å². The molecule has 0 amide bonds. The van der Waals surface area contributed by atoms with Gasteiger partial charge in [-0.25, -0.2) is 0 Å². The minimum absolute atomic E-state index is 1.03. The molecule has 0 aromatic heterocycles. The molecule has 0 aromatic rings. The van der Waals surface area contributed by atoms with Crippen molar-refractivity contribution in [3.63, 3.8) is 0 Å². The van der Waals surface area contributed by atoms with Gasteiger partial charge in [0, 0.05) is 0 Å². The van der Waals surface area contributed by atoms with Crippen LogP contribution in [0.15, 0.2) is 42.5 Å². The molecule has 1 aliphatic carbocycles. The molecule has 0 atom stereocenters. The maximum Gasteiger partial charge on any atom is -0.0166 e. The highest BCUT2D eigenvalue weighted by Gasteiger charge is 1.82. The van der Waals surface area contributed by atoms with Crippen LogP contribution in [-0.2, 0) is 0 Å². The van der Waals surface area contributed by atoms with Gasteiger partial charge in [0.2, 0.25) is 0 Å². The van der Waals surface area contributed by atoms with Crippen LogP contribution in [0.25, 0.3) is 0 Å². The van der Waals surface area contributed by atoms with Crippen LogP contribution in [0.2, 0.25) is 0 Å². The summed E-state index contributed by atoms with van der Waals surface area (Å²) in [6.45, 7) is 0. The summed E-state index contributed by atoms with van der Waals surface area (Å²) >= 11 is 0. The molecule has 0 N–H and O–H groups in total. The third-order valence-electron chi connectivity index (χ3n) is 2.16. The van der Waals surface area contributed by atoms with Crippen LogP contribution < -0.4 is 0 Å². The molecule has 0 heterocycles. The first kappa shape index (κ1) is 11.0. The fraction of sp³-hybridized carbons (Fsp3) is 0.429. The van der Waals surface area contributed by atoms with Crippen molar-refractivity contribution in [2.75, 3.05) is 0 Å². The molecule has 1 rings (SSSR count). The average Bonchev–Trinajstić information content (AvgIpc) is 2.22. The Labute approximate surface area is 87.7 Å². The van der Waals surface area contributed by atoms with E-state index < -0.39 is 0 Å². The first-order chi connectivity index (χ1) is 7.00. The van der Waals surface area contributed by atoms with Crippen LogP contribution in [0.3, 0.4) is 0 Å². The molecule has 0 unspecified atom stereocenters. The van der Waals surface area contributed by atoms with E-state index in [1.807, 2.05) is 6.08 Å². The van der Waals surface area contributed by atoms with Crippen molar-refractivity contribution in [2.45, 2.75) is 38.5 Å². The van der Waals surface area contributed by atoms with E-state index in [1.54, 1.807) is 0 Å². The predicted molar refractivity (Wildman–Crippen MR) is 62.9 cm³/mol. The fourth-order valence-electron chi connectivity index (χ4n) is 1.35. The molecule has 0 spiro atoms. The molecule has 14 heavy (non-hydrogen) atoms. The minimum Gasteiger partial charge on any atom is -0.0885 e. The summed E-state index contributed by atoms with van der Waals surface area (Å²) in [5.41, 5.74) is 0. The molecule has 0 aromatic carbocycles. The molecule has 0 bridgehead atoms. The van der Waals surface area contributed by atoms with E-state index in [4.69, 9.17) is 0 Å².